The SMILES string of the molecule is C[C@@]12CO[C@@H](c3ccccc3)O[C@H]1CC[C@@]1(C)[C@H]2C[C@H](OC(=O)c2cccc(F)c2)[C@@]2(C)Oc3cc(-c4cccnc4)oc(=O)c3[C@H](O)[C@H]12. The minimum Gasteiger partial charge on any atom is -0.482 e. The third-order valence-electron chi connectivity index (χ3n) is 11.7. The predicted octanol–water partition coefficient (Wildman–Crippen LogP) is 6.81. The van der Waals surface area contributed by atoms with Gasteiger partial charge in [0.15, 0.2) is 6.29 Å². The minimum absolute atomic E-state index is 0.0276. The maximum Gasteiger partial charge on any atom is 0.345 e. The molecule has 2 saturated carbocycles. The maximum absolute atomic E-state index is 14.2. The maximum atomic E-state index is 14.2. The Morgan fingerprint density at radius 2 is 1.84 bits per heavy atom. The van der Waals surface area contributed by atoms with E-state index >= 15 is 0 Å². The van der Waals surface area contributed by atoms with Crippen LogP contribution in [0.1, 0.15) is 73.9 Å². The number of fused-ring (bicyclic) bond motifs is 6. The van der Waals surface area contributed by atoms with Gasteiger partial charge in [0, 0.05) is 40.9 Å². The second-order valence-corrected chi connectivity index (χ2v) is 14.5. The summed E-state index contributed by atoms with van der Waals surface area (Å²) in [6.07, 6.45) is 1.97. The summed E-state index contributed by atoms with van der Waals surface area (Å²) >= 11 is 0. The second-order valence-electron chi connectivity index (χ2n) is 14.5. The Bertz CT molecular complexity index is 1950. The first-order valence-electron chi connectivity index (χ1n) is 16.8. The molecule has 0 spiro atoms. The lowest BCUT2D eigenvalue weighted by Gasteiger charge is -2.67. The minimum atomic E-state index is -1.31. The Hall–Kier alpha value is -4.38. The molecule has 4 aliphatic rings. The summed E-state index contributed by atoms with van der Waals surface area (Å²) in [6, 6.07) is 20.2. The molecular weight excluding hydrogens is 629 g/mol. The molecule has 2 aliphatic carbocycles. The third kappa shape index (κ3) is 5.03. The summed E-state index contributed by atoms with van der Waals surface area (Å²) in [5.41, 5.74) is -1.56. The molecule has 254 valence electrons. The van der Waals surface area contributed by atoms with E-state index in [4.69, 9.17) is 23.4 Å². The molecule has 4 aromatic rings. The number of carbonyl (C=O) groups excluding carboxylic acids is 1. The Kier molecular flexibility index (Phi) is 7.55. The van der Waals surface area contributed by atoms with Gasteiger partial charge in [-0.25, -0.2) is 14.0 Å². The van der Waals surface area contributed by atoms with Crippen molar-refractivity contribution in [3.8, 4) is 17.1 Å². The van der Waals surface area contributed by atoms with Crippen LogP contribution in [-0.4, -0.2) is 40.5 Å². The van der Waals surface area contributed by atoms with Crippen LogP contribution in [0.25, 0.3) is 11.3 Å². The predicted molar refractivity (Wildman–Crippen MR) is 175 cm³/mol. The van der Waals surface area contributed by atoms with Crippen molar-refractivity contribution < 1.29 is 37.7 Å². The van der Waals surface area contributed by atoms with E-state index in [-0.39, 0.29) is 34.7 Å². The molecular formula is C39H38FNO8. The van der Waals surface area contributed by atoms with Crippen LogP contribution in [0.3, 0.4) is 0 Å². The average Bonchev–Trinajstić information content (AvgIpc) is 3.09. The summed E-state index contributed by atoms with van der Waals surface area (Å²) in [7, 11) is 0. The van der Waals surface area contributed by atoms with Crippen LogP contribution < -0.4 is 10.4 Å². The Balaban J connectivity index is 1.22. The van der Waals surface area contributed by atoms with Crippen LogP contribution in [0.5, 0.6) is 5.75 Å². The van der Waals surface area contributed by atoms with Gasteiger partial charge in [0.05, 0.1) is 24.4 Å². The lowest BCUT2D eigenvalue weighted by Crippen LogP contribution is -2.71. The number of carbonyl (C=O) groups is 1. The molecule has 0 bridgehead atoms. The lowest BCUT2D eigenvalue weighted by molar-refractivity contribution is -0.330. The molecule has 0 unspecified atom stereocenters. The Morgan fingerprint density at radius 3 is 2.59 bits per heavy atom. The highest BCUT2D eigenvalue weighted by Gasteiger charge is 2.71. The molecule has 9 atom stereocenters. The molecule has 9 nitrogen and oxygen atoms in total. The van der Waals surface area contributed by atoms with Crippen molar-refractivity contribution in [2.45, 2.75) is 70.2 Å². The number of aliphatic hydroxyl groups is 1. The van der Waals surface area contributed by atoms with E-state index in [1.165, 1.54) is 18.2 Å². The zero-order valence-electron chi connectivity index (χ0n) is 27.5. The highest BCUT2D eigenvalue weighted by atomic mass is 19.1. The fourth-order valence-electron chi connectivity index (χ4n) is 9.45. The van der Waals surface area contributed by atoms with Crippen LogP contribution in [-0.2, 0) is 14.2 Å². The number of hydrogen-bond donors (Lipinski definition) is 1. The quantitative estimate of drug-likeness (QED) is 0.234. The van der Waals surface area contributed by atoms with E-state index in [9.17, 15) is 19.1 Å². The summed E-state index contributed by atoms with van der Waals surface area (Å²) in [4.78, 5) is 31.5. The van der Waals surface area contributed by atoms with Crippen LogP contribution in [0, 0.1) is 28.5 Å². The lowest BCUT2D eigenvalue weighted by atomic mass is 9.42. The van der Waals surface area contributed by atoms with Gasteiger partial charge in [-0.2, -0.15) is 0 Å². The molecule has 0 radical (unpaired) electrons. The monoisotopic (exact) mass is 667 g/mol. The van der Waals surface area contributed by atoms with Gasteiger partial charge in [-0.05, 0) is 67.9 Å². The highest BCUT2D eigenvalue weighted by Crippen LogP contribution is 2.68. The number of benzene rings is 2. The molecule has 49 heavy (non-hydrogen) atoms. The zero-order valence-corrected chi connectivity index (χ0v) is 27.5. The van der Waals surface area contributed by atoms with Crippen LogP contribution in [0.4, 0.5) is 4.39 Å². The van der Waals surface area contributed by atoms with Crippen molar-refractivity contribution in [3.05, 3.63) is 118 Å². The number of halogens is 1. The van der Waals surface area contributed by atoms with Gasteiger partial charge >= 0.3 is 11.6 Å². The van der Waals surface area contributed by atoms with Gasteiger partial charge in [-0.1, -0.05) is 50.2 Å². The first-order chi connectivity index (χ1) is 23.5. The molecule has 2 aromatic carbocycles. The molecule has 1 saturated heterocycles. The average molecular weight is 668 g/mol. The summed E-state index contributed by atoms with van der Waals surface area (Å²) in [6.45, 7) is 6.46. The van der Waals surface area contributed by atoms with Crippen LogP contribution in [0.2, 0.25) is 0 Å². The number of pyridine rings is 1. The second kappa shape index (κ2) is 11.6. The number of aromatic nitrogens is 1. The number of esters is 1. The fraction of sp³-hybridized carbons (Fsp3) is 0.410. The van der Waals surface area contributed by atoms with Crippen molar-refractivity contribution in [2.24, 2.45) is 22.7 Å². The molecule has 4 heterocycles. The van der Waals surface area contributed by atoms with Crippen molar-refractivity contribution in [3.63, 3.8) is 0 Å². The Labute approximate surface area is 283 Å². The molecule has 1 N–H and O–H groups in total. The molecule has 10 heteroatoms. The number of nitrogens with zero attached hydrogens (tertiary/aromatic N) is 1. The van der Waals surface area contributed by atoms with Crippen molar-refractivity contribution in [1.82, 2.24) is 4.98 Å². The third-order valence-corrected chi connectivity index (χ3v) is 11.7. The summed E-state index contributed by atoms with van der Waals surface area (Å²) in [5.74, 6) is -1.77. The summed E-state index contributed by atoms with van der Waals surface area (Å²) in [5, 5.41) is 12.3. The normalized spacial score (nSPS) is 34.7. The smallest absolute Gasteiger partial charge is 0.345 e. The number of aliphatic hydroxyl groups excluding tert-OH is 1. The van der Waals surface area contributed by atoms with Gasteiger partial charge in [0.1, 0.15) is 34.6 Å². The largest absolute Gasteiger partial charge is 0.482 e. The van der Waals surface area contributed by atoms with Crippen molar-refractivity contribution in [1.29, 1.82) is 0 Å². The molecule has 2 aromatic heterocycles. The first-order valence-corrected chi connectivity index (χ1v) is 16.8. The zero-order chi connectivity index (χ0) is 34.1. The van der Waals surface area contributed by atoms with Crippen LogP contribution in [0.15, 0.2) is 94.4 Å². The standard InChI is InChI=1S/C39H38FNO8/c1-37-15-14-29-38(2,21-45-36(48-29)22-9-5-4-6-10-22)28(37)19-30(47-34(43)23-11-7-13-25(40)17-23)39(3)33(37)32(42)31-27(49-39)18-26(46-35(31)44)24-12-8-16-41-20-24/h4-13,16-18,20,28-30,32-33,36,42H,14-15,19,21H2,1-3H3/t28-,29+,30+,32+,33-,36-,37+,38+,39-/m1/s1. The number of ether oxygens (including phenoxy) is 4. The van der Waals surface area contributed by atoms with Crippen molar-refractivity contribution in [2.75, 3.05) is 6.61 Å². The molecule has 3 fully saturated rings. The van der Waals surface area contributed by atoms with Gasteiger partial charge in [0.25, 0.3) is 0 Å². The van der Waals surface area contributed by atoms with E-state index < -0.39 is 58.3 Å². The Morgan fingerprint density at radius 1 is 1.02 bits per heavy atom. The van der Waals surface area contributed by atoms with Gasteiger partial charge in [0.2, 0.25) is 0 Å². The van der Waals surface area contributed by atoms with Gasteiger partial charge < -0.3 is 28.5 Å². The van der Waals surface area contributed by atoms with Gasteiger partial charge in [-0.3, -0.25) is 4.98 Å². The molecule has 8 rings (SSSR count). The molecule has 0 amide bonds. The van der Waals surface area contributed by atoms with Gasteiger partial charge in [-0.15, -0.1) is 0 Å². The highest BCUT2D eigenvalue weighted by molar-refractivity contribution is 5.89. The van der Waals surface area contributed by atoms with E-state index in [1.807, 2.05) is 37.3 Å². The number of rotatable bonds is 4. The van der Waals surface area contributed by atoms with Crippen molar-refractivity contribution >= 4 is 5.97 Å². The topological polar surface area (TPSA) is 117 Å². The summed E-state index contributed by atoms with van der Waals surface area (Å²) < 4.78 is 46.1. The van der Waals surface area contributed by atoms with E-state index in [1.54, 1.807) is 30.6 Å². The van der Waals surface area contributed by atoms with E-state index in [0.29, 0.717) is 31.4 Å². The van der Waals surface area contributed by atoms with E-state index in [2.05, 4.69) is 18.8 Å². The van der Waals surface area contributed by atoms with Crippen LogP contribution >= 0.6 is 0 Å². The van der Waals surface area contributed by atoms with E-state index in [0.717, 1.165) is 11.6 Å². The first kappa shape index (κ1) is 31.9. The molecule has 2 aliphatic heterocycles. The number of hydrogen-bond acceptors (Lipinski definition) is 9. The fourth-order valence-corrected chi connectivity index (χ4v) is 9.45.